The molecular formula is C10H11ClN4O3. The van der Waals surface area contributed by atoms with Crippen molar-refractivity contribution in [1.29, 1.82) is 0 Å². The van der Waals surface area contributed by atoms with Crippen molar-refractivity contribution in [2.75, 3.05) is 7.05 Å². The molecule has 18 heavy (non-hydrogen) atoms. The summed E-state index contributed by atoms with van der Waals surface area (Å²) in [6.07, 6.45) is 2.72. The lowest BCUT2D eigenvalue weighted by molar-refractivity contribution is -0.404. The maximum absolute atomic E-state index is 10.9. The van der Waals surface area contributed by atoms with Crippen molar-refractivity contribution < 1.29 is 9.72 Å². The summed E-state index contributed by atoms with van der Waals surface area (Å²) in [6.45, 7) is 0.161. The first-order valence-corrected chi connectivity index (χ1v) is 5.30. The van der Waals surface area contributed by atoms with E-state index in [0.29, 0.717) is 17.1 Å². The lowest BCUT2D eigenvalue weighted by Crippen LogP contribution is -2.29. The molecule has 0 aromatic carbocycles. The Labute approximate surface area is 108 Å². The molecule has 8 heteroatoms. The highest BCUT2D eigenvalue weighted by Gasteiger charge is 2.11. The van der Waals surface area contributed by atoms with Crippen molar-refractivity contribution in [2.45, 2.75) is 6.54 Å². The summed E-state index contributed by atoms with van der Waals surface area (Å²) in [5, 5.41) is 13.3. The van der Waals surface area contributed by atoms with Gasteiger partial charge >= 0.3 is 0 Å². The molecule has 0 aliphatic rings. The number of aromatic nitrogens is 1. The number of carbonyl (C=O) groups is 1. The summed E-state index contributed by atoms with van der Waals surface area (Å²) in [5.74, 6) is 0.0879. The fraction of sp³-hybridized carbons (Fsp3) is 0.200. The van der Waals surface area contributed by atoms with E-state index >= 15 is 0 Å². The zero-order valence-electron chi connectivity index (χ0n) is 9.54. The molecule has 0 fully saturated rings. The maximum Gasteiger partial charge on any atom is 0.274 e. The van der Waals surface area contributed by atoms with Crippen molar-refractivity contribution in [2.24, 2.45) is 0 Å². The van der Waals surface area contributed by atoms with E-state index in [1.165, 1.54) is 13.2 Å². The van der Waals surface area contributed by atoms with E-state index in [9.17, 15) is 14.9 Å². The quantitative estimate of drug-likeness (QED) is 0.360. The highest BCUT2D eigenvalue weighted by molar-refractivity contribution is 6.29. The van der Waals surface area contributed by atoms with Gasteiger partial charge in [-0.2, -0.15) is 0 Å². The predicted octanol–water partition coefficient (Wildman–Crippen LogP) is 0.988. The van der Waals surface area contributed by atoms with Gasteiger partial charge < -0.3 is 5.32 Å². The van der Waals surface area contributed by atoms with E-state index in [2.05, 4.69) is 10.3 Å². The normalized spacial score (nSPS) is 10.9. The molecule has 7 nitrogen and oxygen atoms in total. The Bertz CT molecular complexity index is 461. The maximum atomic E-state index is 10.9. The van der Waals surface area contributed by atoms with Crippen molar-refractivity contribution in [3.8, 4) is 0 Å². The second kappa shape index (κ2) is 6.55. The zero-order chi connectivity index (χ0) is 13.5. The molecule has 0 saturated carbocycles. The second-order valence-electron chi connectivity index (χ2n) is 3.27. The Morgan fingerprint density at radius 3 is 2.83 bits per heavy atom. The van der Waals surface area contributed by atoms with Crippen LogP contribution in [0.15, 0.2) is 30.4 Å². The molecule has 0 radical (unpaired) electrons. The van der Waals surface area contributed by atoms with Crippen LogP contribution in [-0.4, -0.2) is 28.3 Å². The number of nitro groups is 1. The molecule has 1 aromatic rings. The van der Waals surface area contributed by atoms with E-state index in [4.69, 9.17) is 11.6 Å². The lowest BCUT2D eigenvalue weighted by Gasteiger charge is -2.18. The Morgan fingerprint density at radius 1 is 1.67 bits per heavy atom. The van der Waals surface area contributed by atoms with E-state index in [0.717, 1.165) is 11.1 Å². The summed E-state index contributed by atoms with van der Waals surface area (Å²) in [7, 11) is 1.49. The highest BCUT2D eigenvalue weighted by atomic mass is 35.5. The van der Waals surface area contributed by atoms with Gasteiger partial charge in [-0.25, -0.2) is 4.98 Å². The number of nitrogens with zero attached hydrogens (tertiary/aromatic N) is 3. The topological polar surface area (TPSA) is 88.4 Å². The van der Waals surface area contributed by atoms with Crippen LogP contribution in [0.25, 0.3) is 0 Å². The Kier molecular flexibility index (Phi) is 5.06. The van der Waals surface area contributed by atoms with Crippen molar-refractivity contribution in [3.05, 3.63) is 51.2 Å². The fourth-order valence-electron chi connectivity index (χ4n) is 1.26. The molecule has 1 amide bonds. The van der Waals surface area contributed by atoms with Crippen LogP contribution in [0.4, 0.5) is 0 Å². The minimum atomic E-state index is -0.636. The van der Waals surface area contributed by atoms with Gasteiger partial charge in [0.15, 0.2) is 5.82 Å². The summed E-state index contributed by atoms with van der Waals surface area (Å²) in [5.41, 5.74) is 0.705. The largest absolute Gasteiger partial charge is 0.369 e. The van der Waals surface area contributed by atoms with Crippen LogP contribution in [0.1, 0.15) is 5.56 Å². The molecule has 0 aliphatic carbocycles. The smallest absolute Gasteiger partial charge is 0.274 e. The molecule has 1 N–H and O–H groups in total. The molecule has 0 unspecified atom stereocenters. The van der Waals surface area contributed by atoms with Gasteiger partial charge in [-0.05, 0) is 11.6 Å². The first kappa shape index (κ1) is 13.9. The number of hydrogen-bond donors (Lipinski definition) is 1. The van der Waals surface area contributed by atoms with E-state index in [1.54, 1.807) is 12.1 Å². The third-order valence-corrected chi connectivity index (χ3v) is 2.29. The molecule has 1 rings (SSSR count). The number of rotatable bonds is 6. The number of pyridine rings is 1. The minimum Gasteiger partial charge on any atom is -0.369 e. The number of amides is 1. The summed E-state index contributed by atoms with van der Waals surface area (Å²) in [4.78, 5) is 25.7. The first-order valence-electron chi connectivity index (χ1n) is 4.92. The van der Waals surface area contributed by atoms with Crippen LogP contribution in [-0.2, 0) is 11.3 Å². The fourth-order valence-corrected chi connectivity index (χ4v) is 1.37. The summed E-state index contributed by atoms with van der Waals surface area (Å²) >= 11 is 5.63. The van der Waals surface area contributed by atoms with Gasteiger partial charge in [0.2, 0.25) is 6.41 Å². The lowest BCUT2D eigenvalue weighted by atomic mass is 10.3. The van der Waals surface area contributed by atoms with Crippen molar-refractivity contribution in [1.82, 2.24) is 15.2 Å². The van der Waals surface area contributed by atoms with Gasteiger partial charge in [-0.15, -0.1) is 0 Å². The molecule has 0 spiro atoms. The van der Waals surface area contributed by atoms with Crippen LogP contribution in [0, 0.1) is 10.1 Å². The average Bonchev–Trinajstić information content (AvgIpc) is 2.35. The van der Waals surface area contributed by atoms with Gasteiger partial charge in [0.1, 0.15) is 5.15 Å². The molecule has 0 bridgehead atoms. The standard InChI is InChI=1S/C10H11ClN4O3/c1-12-10(6-15(17)18)14(7-16)5-8-2-3-9(11)13-4-8/h2-4,6-7,12H,5H2,1H3/b10-6+. The number of nitrogens with one attached hydrogen (secondary N) is 1. The van der Waals surface area contributed by atoms with Gasteiger partial charge in [0, 0.05) is 13.2 Å². The van der Waals surface area contributed by atoms with Crippen LogP contribution < -0.4 is 5.32 Å². The number of carbonyl (C=O) groups excluding carboxylic acids is 1. The molecule has 0 saturated heterocycles. The van der Waals surface area contributed by atoms with Crippen LogP contribution in [0.2, 0.25) is 5.15 Å². The summed E-state index contributed by atoms with van der Waals surface area (Å²) in [6, 6.07) is 3.27. The van der Waals surface area contributed by atoms with Crippen LogP contribution in [0.3, 0.4) is 0 Å². The van der Waals surface area contributed by atoms with E-state index in [-0.39, 0.29) is 12.4 Å². The van der Waals surface area contributed by atoms with Crippen LogP contribution in [0.5, 0.6) is 0 Å². The first-order chi connectivity index (χ1) is 8.56. The molecule has 0 atom stereocenters. The number of halogens is 1. The highest BCUT2D eigenvalue weighted by Crippen LogP contribution is 2.09. The Balaban J connectivity index is 2.86. The minimum absolute atomic E-state index is 0.0879. The van der Waals surface area contributed by atoms with Crippen LogP contribution >= 0.6 is 11.6 Å². The third kappa shape index (κ3) is 4.02. The number of hydrogen-bond acceptors (Lipinski definition) is 5. The molecule has 0 aliphatic heterocycles. The van der Waals surface area contributed by atoms with Gasteiger partial charge in [-0.1, -0.05) is 17.7 Å². The van der Waals surface area contributed by atoms with Crippen molar-refractivity contribution in [3.63, 3.8) is 0 Å². The Morgan fingerprint density at radius 2 is 2.39 bits per heavy atom. The van der Waals surface area contributed by atoms with E-state index in [1.807, 2.05) is 0 Å². The third-order valence-electron chi connectivity index (χ3n) is 2.06. The van der Waals surface area contributed by atoms with Gasteiger partial charge in [-0.3, -0.25) is 19.8 Å². The van der Waals surface area contributed by atoms with Gasteiger partial charge in [0.25, 0.3) is 6.20 Å². The molecule has 1 aromatic heterocycles. The van der Waals surface area contributed by atoms with E-state index < -0.39 is 4.92 Å². The van der Waals surface area contributed by atoms with Crippen molar-refractivity contribution >= 4 is 18.0 Å². The predicted molar refractivity (Wildman–Crippen MR) is 65.0 cm³/mol. The zero-order valence-corrected chi connectivity index (χ0v) is 10.3. The molecule has 1 heterocycles. The SMILES string of the molecule is CN/C(=C\[N+](=O)[O-])N(C=O)Cc1ccc(Cl)nc1. The monoisotopic (exact) mass is 270 g/mol. The molecular weight excluding hydrogens is 260 g/mol. The van der Waals surface area contributed by atoms with Gasteiger partial charge in [0.05, 0.1) is 11.5 Å². The Hall–Kier alpha value is -2.15. The second-order valence-corrected chi connectivity index (χ2v) is 3.66. The average molecular weight is 271 g/mol. The molecule has 96 valence electrons. The summed E-state index contributed by atoms with van der Waals surface area (Å²) < 4.78 is 0.